The lowest BCUT2D eigenvalue weighted by molar-refractivity contribution is 0.273. The summed E-state index contributed by atoms with van der Waals surface area (Å²) in [6.07, 6.45) is 0.875. The van der Waals surface area contributed by atoms with E-state index in [1.807, 2.05) is 19.1 Å². The van der Waals surface area contributed by atoms with Gasteiger partial charge in [0.2, 0.25) is 0 Å². The summed E-state index contributed by atoms with van der Waals surface area (Å²) in [4.78, 5) is 0. The number of rotatable bonds is 4. The van der Waals surface area contributed by atoms with Crippen molar-refractivity contribution in [2.24, 2.45) is 0 Å². The Bertz CT molecular complexity index is 249. The number of aliphatic hydroxyl groups is 1. The fraction of sp³-hybridized carbons (Fsp3) is 0.455. The minimum absolute atomic E-state index is 0.0137. The first-order valence-corrected chi connectivity index (χ1v) is 4.61. The molecule has 0 amide bonds. The first-order chi connectivity index (χ1) is 6.76. The van der Waals surface area contributed by atoms with Gasteiger partial charge in [-0.05, 0) is 18.1 Å². The van der Waals surface area contributed by atoms with E-state index in [1.165, 1.54) is 0 Å². The van der Waals surface area contributed by atoms with Gasteiger partial charge in [-0.3, -0.25) is 0 Å². The molecule has 0 saturated heterocycles. The lowest BCUT2D eigenvalue weighted by Gasteiger charge is -2.12. The third-order valence-electron chi connectivity index (χ3n) is 2.23. The number of hydrogen-bond acceptors (Lipinski definition) is 3. The average molecular weight is 196 g/mol. The van der Waals surface area contributed by atoms with Gasteiger partial charge in [0, 0.05) is 11.6 Å². The Balaban J connectivity index is 3.20. The SMILES string of the molecule is CCc1cc(CO)c(OC)cc1OC. The fourth-order valence-electron chi connectivity index (χ4n) is 1.44. The minimum Gasteiger partial charge on any atom is -0.496 e. The molecular formula is C11H16O3. The third kappa shape index (κ3) is 1.99. The zero-order chi connectivity index (χ0) is 10.6. The van der Waals surface area contributed by atoms with Crippen LogP contribution in [0.15, 0.2) is 12.1 Å². The van der Waals surface area contributed by atoms with Crippen LogP contribution < -0.4 is 9.47 Å². The second-order valence-corrected chi connectivity index (χ2v) is 2.99. The molecule has 0 saturated carbocycles. The lowest BCUT2D eigenvalue weighted by atomic mass is 10.1. The van der Waals surface area contributed by atoms with Crippen LogP contribution in [0.1, 0.15) is 18.1 Å². The summed E-state index contributed by atoms with van der Waals surface area (Å²) in [5.74, 6) is 1.48. The van der Waals surface area contributed by atoms with E-state index in [4.69, 9.17) is 14.6 Å². The maximum absolute atomic E-state index is 9.11. The van der Waals surface area contributed by atoms with E-state index in [9.17, 15) is 0 Å². The number of benzene rings is 1. The summed E-state index contributed by atoms with van der Waals surface area (Å²) in [6.45, 7) is 2.03. The quantitative estimate of drug-likeness (QED) is 0.797. The van der Waals surface area contributed by atoms with Crippen LogP contribution >= 0.6 is 0 Å². The Hall–Kier alpha value is -1.22. The van der Waals surface area contributed by atoms with Crippen molar-refractivity contribution in [3.8, 4) is 11.5 Å². The molecule has 3 heteroatoms. The third-order valence-corrected chi connectivity index (χ3v) is 2.23. The van der Waals surface area contributed by atoms with Crippen LogP contribution in [-0.2, 0) is 13.0 Å². The van der Waals surface area contributed by atoms with Crippen molar-refractivity contribution in [1.29, 1.82) is 0 Å². The highest BCUT2D eigenvalue weighted by atomic mass is 16.5. The molecule has 0 aliphatic heterocycles. The first-order valence-electron chi connectivity index (χ1n) is 4.61. The van der Waals surface area contributed by atoms with Crippen LogP contribution in [0.2, 0.25) is 0 Å². The number of aliphatic hydroxyl groups excluding tert-OH is 1. The van der Waals surface area contributed by atoms with Crippen molar-refractivity contribution in [2.45, 2.75) is 20.0 Å². The molecule has 0 aliphatic rings. The van der Waals surface area contributed by atoms with Crippen molar-refractivity contribution < 1.29 is 14.6 Å². The fourth-order valence-corrected chi connectivity index (χ4v) is 1.44. The van der Waals surface area contributed by atoms with E-state index in [2.05, 4.69) is 0 Å². The van der Waals surface area contributed by atoms with Crippen molar-refractivity contribution in [1.82, 2.24) is 0 Å². The molecular weight excluding hydrogens is 180 g/mol. The van der Waals surface area contributed by atoms with Crippen LogP contribution in [0.3, 0.4) is 0 Å². The summed E-state index contributed by atoms with van der Waals surface area (Å²) in [5.41, 5.74) is 1.88. The van der Waals surface area contributed by atoms with Crippen LogP contribution in [0.4, 0.5) is 0 Å². The zero-order valence-electron chi connectivity index (χ0n) is 8.83. The van der Waals surface area contributed by atoms with Gasteiger partial charge in [0.1, 0.15) is 11.5 Å². The Morgan fingerprint density at radius 2 is 1.64 bits per heavy atom. The van der Waals surface area contributed by atoms with E-state index < -0.39 is 0 Å². The summed E-state index contributed by atoms with van der Waals surface area (Å²) in [6, 6.07) is 3.72. The van der Waals surface area contributed by atoms with Crippen LogP contribution in [0.5, 0.6) is 11.5 Å². The van der Waals surface area contributed by atoms with Crippen molar-refractivity contribution in [2.75, 3.05) is 14.2 Å². The number of aryl methyl sites for hydroxylation is 1. The Labute approximate surface area is 84.3 Å². The van der Waals surface area contributed by atoms with Gasteiger partial charge in [0.15, 0.2) is 0 Å². The largest absolute Gasteiger partial charge is 0.496 e. The zero-order valence-corrected chi connectivity index (χ0v) is 8.83. The Morgan fingerprint density at radius 1 is 1.07 bits per heavy atom. The van der Waals surface area contributed by atoms with Crippen molar-refractivity contribution >= 4 is 0 Å². The van der Waals surface area contributed by atoms with E-state index in [0.717, 1.165) is 23.3 Å². The maximum atomic E-state index is 9.11. The standard InChI is InChI=1S/C11H16O3/c1-4-8-5-9(7-12)11(14-3)6-10(8)13-2/h5-6,12H,4,7H2,1-3H3. The Morgan fingerprint density at radius 3 is 2.07 bits per heavy atom. The van der Waals surface area contributed by atoms with Crippen molar-refractivity contribution in [3.63, 3.8) is 0 Å². The summed E-state index contributed by atoms with van der Waals surface area (Å²) in [7, 11) is 3.21. The maximum Gasteiger partial charge on any atom is 0.128 e. The summed E-state index contributed by atoms with van der Waals surface area (Å²) >= 11 is 0. The molecule has 3 nitrogen and oxygen atoms in total. The molecule has 0 aromatic heterocycles. The van der Waals surface area contributed by atoms with Gasteiger partial charge in [-0.25, -0.2) is 0 Å². The molecule has 1 aromatic carbocycles. The second kappa shape index (κ2) is 4.86. The topological polar surface area (TPSA) is 38.7 Å². The summed E-state index contributed by atoms with van der Waals surface area (Å²) in [5, 5.41) is 9.11. The van der Waals surface area contributed by atoms with Crippen LogP contribution in [0, 0.1) is 0 Å². The highest BCUT2D eigenvalue weighted by Crippen LogP contribution is 2.29. The number of methoxy groups -OCH3 is 2. The highest BCUT2D eigenvalue weighted by molar-refractivity contribution is 5.46. The molecule has 1 N–H and O–H groups in total. The molecule has 0 atom stereocenters. The highest BCUT2D eigenvalue weighted by Gasteiger charge is 2.08. The molecule has 0 unspecified atom stereocenters. The monoisotopic (exact) mass is 196 g/mol. The second-order valence-electron chi connectivity index (χ2n) is 2.99. The van der Waals surface area contributed by atoms with Gasteiger partial charge in [0.25, 0.3) is 0 Å². The van der Waals surface area contributed by atoms with E-state index >= 15 is 0 Å². The number of ether oxygens (including phenoxy) is 2. The molecule has 0 spiro atoms. The molecule has 1 aromatic rings. The van der Waals surface area contributed by atoms with E-state index in [1.54, 1.807) is 14.2 Å². The molecule has 0 fully saturated rings. The predicted octanol–water partition coefficient (Wildman–Crippen LogP) is 1.76. The first kappa shape index (κ1) is 10.9. The average Bonchev–Trinajstić information content (AvgIpc) is 2.26. The molecule has 0 radical (unpaired) electrons. The van der Waals surface area contributed by atoms with Gasteiger partial charge in [-0.2, -0.15) is 0 Å². The van der Waals surface area contributed by atoms with Crippen LogP contribution in [0.25, 0.3) is 0 Å². The molecule has 0 bridgehead atoms. The molecule has 78 valence electrons. The molecule has 14 heavy (non-hydrogen) atoms. The van der Waals surface area contributed by atoms with Crippen LogP contribution in [-0.4, -0.2) is 19.3 Å². The van der Waals surface area contributed by atoms with Gasteiger partial charge in [0.05, 0.1) is 20.8 Å². The van der Waals surface area contributed by atoms with Gasteiger partial charge < -0.3 is 14.6 Å². The number of hydrogen-bond donors (Lipinski definition) is 1. The Kier molecular flexibility index (Phi) is 3.77. The minimum atomic E-state index is -0.0137. The normalized spacial score (nSPS) is 10.0. The van der Waals surface area contributed by atoms with Gasteiger partial charge in [-0.1, -0.05) is 6.92 Å². The van der Waals surface area contributed by atoms with Gasteiger partial charge >= 0.3 is 0 Å². The van der Waals surface area contributed by atoms with Gasteiger partial charge in [-0.15, -0.1) is 0 Å². The smallest absolute Gasteiger partial charge is 0.128 e. The molecule has 1 rings (SSSR count). The van der Waals surface area contributed by atoms with E-state index in [-0.39, 0.29) is 6.61 Å². The predicted molar refractivity (Wildman–Crippen MR) is 54.8 cm³/mol. The van der Waals surface area contributed by atoms with Crippen molar-refractivity contribution in [3.05, 3.63) is 23.3 Å². The lowest BCUT2D eigenvalue weighted by Crippen LogP contribution is -1.97. The molecule has 0 heterocycles. The molecule has 0 aliphatic carbocycles. The van der Waals surface area contributed by atoms with E-state index in [0.29, 0.717) is 5.75 Å². The summed E-state index contributed by atoms with van der Waals surface area (Å²) < 4.78 is 10.4.